The SMILES string of the molecule is CC(C)(C)CC1NC(C(=O)N2CCN(CC(=O)N3CCOCC3)CC2)C(c2cccc(Cl)c2F)C1(C#N)c1ccc(Cl)cc1F. The summed E-state index contributed by atoms with van der Waals surface area (Å²) in [7, 11) is 0. The summed E-state index contributed by atoms with van der Waals surface area (Å²) >= 11 is 12.4. The van der Waals surface area contributed by atoms with Crippen LogP contribution in [-0.4, -0.2) is 97.6 Å². The molecule has 4 unspecified atom stereocenters. The number of nitrogens with zero attached hydrogens (tertiary/aromatic N) is 4. The monoisotopic (exact) mass is 661 g/mol. The number of carbonyl (C=O) groups is 2. The zero-order valence-electron chi connectivity index (χ0n) is 25.8. The number of morpholine rings is 1. The lowest BCUT2D eigenvalue weighted by atomic mass is 9.62. The Hall–Kier alpha value is -2.81. The van der Waals surface area contributed by atoms with Crippen LogP contribution in [0, 0.1) is 28.4 Å². The molecule has 0 radical (unpaired) electrons. The van der Waals surface area contributed by atoms with Crippen LogP contribution < -0.4 is 5.32 Å². The molecule has 0 bridgehead atoms. The summed E-state index contributed by atoms with van der Waals surface area (Å²) < 4.78 is 37.1. The molecule has 3 aliphatic rings. The molecule has 242 valence electrons. The molecule has 0 saturated carbocycles. The van der Waals surface area contributed by atoms with Crippen molar-refractivity contribution in [2.24, 2.45) is 5.41 Å². The largest absolute Gasteiger partial charge is 0.378 e. The van der Waals surface area contributed by atoms with Crippen LogP contribution in [0.25, 0.3) is 0 Å². The van der Waals surface area contributed by atoms with Crippen molar-refractivity contribution in [1.82, 2.24) is 20.0 Å². The van der Waals surface area contributed by atoms with Gasteiger partial charge in [-0.2, -0.15) is 5.26 Å². The fourth-order valence-electron chi connectivity index (χ4n) is 6.97. The highest BCUT2D eigenvalue weighted by molar-refractivity contribution is 6.31. The molecule has 2 amide bonds. The number of piperazine rings is 1. The van der Waals surface area contributed by atoms with E-state index in [1.165, 1.54) is 24.3 Å². The molecule has 0 aliphatic carbocycles. The molecule has 2 aromatic carbocycles. The summed E-state index contributed by atoms with van der Waals surface area (Å²) in [5, 5.41) is 14.4. The number of nitrogens with one attached hydrogen (secondary N) is 1. The number of nitriles is 1. The van der Waals surface area contributed by atoms with E-state index in [2.05, 4.69) is 11.4 Å². The van der Waals surface area contributed by atoms with E-state index >= 15 is 8.78 Å². The first-order valence-electron chi connectivity index (χ1n) is 15.3. The molecular weight excluding hydrogens is 623 g/mol. The van der Waals surface area contributed by atoms with Gasteiger partial charge in [0, 0.05) is 61.8 Å². The molecule has 3 aliphatic heterocycles. The third-order valence-corrected chi connectivity index (χ3v) is 9.65. The van der Waals surface area contributed by atoms with Gasteiger partial charge in [0.05, 0.1) is 36.9 Å². The lowest BCUT2D eigenvalue weighted by molar-refractivity contribution is -0.138. The maximum atomic E-state index is 15.9. The minimum Gasteiger partial charge on any atom is -0.378 e. The number of amides is 2. The van der Waals surface area contributed by atoms with Crippen LogP contribution in [0.2, 0.25) is 10.0 Å². The van der Waals surface area contributed by atoms with Crippen LogP contribution in [0.1, 0.15) is 44.2 Å². The van der Waals surface area contributed by atoms with E-state index < -0.39 is 35.1 Å². The van der Waals surface area contributed by atoms with Gasteiger partial charge < -0.3 is 19.9 Å². The second-order valence-corrected chi connectivity index (χ2v) is 14.1. The number of benzene rings is 2. The van der Waals surface area contributed by atoms with Crippen LogP contribution in [0.4, 0.5) is 8.78 Å². The normalized spacial score (nSPS) is 26.1. The Morgan fingerprint density at radius 2 is 1.73 bits per heavy atom. The predicted octanol–water partition coefficient (Wildman–Crippen LogP) is 4.60. The number of rotatable bonds is 6. The Labute approximate surface area is 273 Å². The molecule has 45 heavy (non-hydrogen) atoms. The molecule has 3 saturated heterocycles. The number of hydrogen-bond donors (Lipinski definition) is 1. The summed E-state index contributed by atoms with van der Waals surface area (Å²) in [6.45, 7) is 10.1. The van der Waals surface area contributed by atoms with Gasteiger partial charge in [-0.3, -0.25) is 14.5 Å². The third kappa shape index (κ3) is 6.84. The Morgan fingerprint density at radius 1 is 1.04 bits per heavy atom. The van der Waals surface area contributed by atoms with E-state index in [9.17, 15) is 14.9 Å². The van der Waals surface area contributed by atoms with Crippen LogP contribution in [0.5, 0.6) is 0 Å². The Morgan fingerprint density at radius 3 is 2.36 bits per heavy atom. The van der Waals surface area contributed by atoms with Gasteiger partial charge in [0.2, 0.25) is 11.8 Å². The second-order valence-electron chi connectivity index (χ2n) is 13.3. The fraction of sp³-hybridized carbons (Fsp3) is 0.545. The summed E-state index contributed by atoms with van der Waals surface area (Å²) in [5.74, 6) is -2.85. The van der Waals surface area contributed by atoms with Crippen molar-refractivity contribution in [3.8, 4) is 6.07 Å². The summed E-state index contributed by atoms with van der Waals surface area (Å²) in [6, 6.07) is 9.21. The highest BCUT2D eigenvalue weighted by Gasteiger charge is 2.61. The minimum atomic E-state index is -1.68. The van der Waals surface area contributed by atoms with Crippen molar-refractivity contribution < 1.29 is 23.1 Å². The van der Waals surface area contributed by atoms with Crippen molar-refractivity contribution in [3.05, 3.63) is 69.2 Å². The van der Waals surface area contributed by atoms with E-state index in [4.69, 9.17) is 27.9 Å². The zero-order valence-corrected chi connectivity index (χ0v) is 27.3. The Balaban J connectivity index is 1.49. The summed E-state index contributed by atoms with van der Waals surface area (Å²) in [5.41, 5.74) is -1.91. The molecule has 8 nitrogen and oxygen atoms in total. The minimum absolute atomic E-state index is 0.0286. The van der Waals surface area contributed by atoms with Crippen LogP contribution >= 0.6 is 23.2 Å². The van der Waals surface area contributed by atoms with Gasteiger partial charge in [0.1, 0.15) is 17.0 Å². The van der Waals surface area contributed by atoms with Gasteiger partial charge in [0.15, 0.2) is 0 Å². The van der Waals surface area contributed by atoms with Crippen LogP contribution in [-0.2, 0) is 19.7 Å². The van der Waals surface area contributed by atoms with Gasteiger partial charge in [-0.1, -0.05) is 62.2 Å². The van der Waals surface area contributed by atoms with Crippen LogP contribution in [0.15, 0.2) is 36.4 Å². The average Bonchev–Trinajstić information content (AvgIpc) is 3.31. The third-order valence-electron chi connectivity index (χ3n) is 9.12. The standard InChI is InChI=1S/C33H39Cl2F2N5O3/c1-32(2,3)18-26-33(20-38,23-8-7-21(34)17-25(23)36)28(22-5-4-6-24(35)29(22)37)30(39-26)31(44)42-11-9-40(10-12-42)19-27(43)41-13-15-45-16-14-41/h4-8,17,26,28,30,39H,9-16,18-19H2,1-3H3. The van der Waals surface area contributed by atoms with Crippen LogP contribution in [0.3, 0.4) is 0 Å². The lowest BCUT2D eigenvalue weighted by Gasteiger charge is -2.39. The van der Waals surface area contributed by atoms with Gasteiger partial charge in [-0.25, -0.2) is 8.78 Å². The summed E-state index contributed by atoms with van der Waals surface area (Å²) in [4.78, 5) is 32.7. The van der Waals surface area contributed by atoms with E-state index in [1.807, 2.05) is 25.7 Å². The quantitative estimate of drug-likeness (QED) is 0.487. The van der Waals surface area contributed by atoms with Gasteiger partial charge in [-0.05, 0) is 35.6 Å². The van der Waals surface area contributed by atoms with Crippen molar-refractivity contribution in [1.29, 1.82) is 5.26 Å². The molecule has 5 rings (SSSR count). The maximum absolute atomic E-state index is 15.9. The Kier molecular flexibility index (Phi) is 10.1. The fourth-order valence-corrected chi connectivity index (χ4v) is 7.31. The summed E-state index contributed by atoms with van der Waals surface area (Å²) in [6.07, 6.45) is 0.391. The molecule has 3 fully saturated rings. The number of carbonyl (C=O) groups excluding carboxylic acids is 2. The average molecular weight is 663 g/mol. The lowest BCUT2D eigenvalue weighted by Crippen LogP contribution is -2.56. The van der Waals surface area contributed by atoms with Crippen molar-refractivity contribution in [3.63, 3.8) is 0 Å². The molecule has 3 heterocycles. The number of halogens is 4. The van der Waals surface area contributed by atoms with Crippen molar-refractivity contribution >= 4 is 35.0 Å². The Bertz CT molecular complexity index is 1470. The first kappa shape index (κ1) is 33.6. The molecule has 12 heteroatoms. The zero-order chi connectivity index (χ0) is 32.5. The maximum Gasteiger partial charge on any atom is 0.240 e. The van der Waals surface area contributed by atoms with Crippen molar-refractivity contribution in [2.45, 2.75) is 50.6 Å². The first-order chi connectivity index (χ1) is 21.4. The second kappa shape index (κ2) is 13.5. The predicted molar refractivity (Wildman–Crippen MR) is 168 cm³/mol. The van der Waals surface area contributed by atoms with E-state index in [0.717, 1.165) is 6.07 Å². The first-order valence-corrected chi connectivity index (χ1v) is 16.0. The molecular formula is C33H39Cl2F2N5O3. The molecule has 4 atom stereocenters. The smallest absolute Gasteiger partial charge is 0.240 e. The van der Waals surface area contributed by atoms with Gasteiger partial charge >= 0.3 is 0 Å². The topological polar surface area (TPSA) is 88.9 Å². The van der Waals surface area contributed by atoms with Gasteiger partial charge in [-0.15, -0.1) is 0 Å². The van der Waals surface area contributed by atoms with E-state index in [0.29, 0.717) is 58.9 Å². The van der Waals surface area contributed by atoms with Crippen molar-refractivity contribution in [2.75, 3.05) is 59.0 Å². The molecule has 0 aromatic heterocycles. The number of hydrogen-bond acceptors (Lipinski definition) is 6. The van der Waals surface area contributed by atoms with Gasteiger partial charge in [0.25, 0.3) is 0 Å². The highest BCUT2D eigenvalue weighted by atomic mass is 35.5. The molecule has 2 aromatic rings. The van der Waals surface area contributed by atoms with E-state index in [1.54, 1.807) is 15.9 Å². The molecule has 0 spiro atoms. The van der Waals surface area contributed by atoms with E-state index in [-0.39, 0.29) is 44.9 Å². The molecule has 1 N–H and O–H groups in total. The highest BCUT2D eigenvalue weighted by Crippen LogP contribution is 2.53. The number of ether oxygens (including phenoxy) is 1.